The van der Waals surface area contributed by atoms with Crippen LogP contribution in [0.25, 0.3) is 0 Å². The lowest BCUT2D eigenvalue weighted by atomic mass is 9.80. The van der Waals surface area contributed by atoms with E-state index in [-0.39, 0.29) is 0 Å². The first-order chi connectivity index (χ1) is 32.0. The van der Waals surface area contributed by atoms with Crippen molar-refractivity contribution in [3.8, 4) is 0 Å². The van der Waals surface area contributed by atoms with Gasteiger partial charge in [-0.15, -0.1) is 0 Å². The number of halogens is 36. The Labute approximate surface area is 386 Å². The van der Waals surface area contributed by atoms with Crippen molar-refractivity contribution in [1.29, 1.82) is 0 Å². The molecule has 1 unspecified atom stereocenters. The molecule has 0 aliphatic carbocycles. The Balaban J connectivity index is 6.81. The predicted octanol–water partition coefficient (Wildman–Crippen LogP) is 13.9. The summed E-state index contributed by atoms with van der Waals surface area (Å²) in [6, 6.07) is 0. The Bertz CT molecular complexity index is 1900. The average molecular weight is 1190 g/mol. The van der Waals surface area contributed by atoms with Gasteiger partial charge in [0.25, 0.3) is 0 Å². The van der Waals surface area contributed by atoms with Crippen molar-refractivity contribution >= 4 is 12.2 Å². The van der Waals surface area contributed by atoms with E-state index in [0.29, 0.717) is 13.8 Å². The summed E-state index contributed by atoms with van der Waals surface area (Å²) in [4.78, 5) is 22.8. The van der Waals surface area contributed by atoms with E-state index in [1.54, 1.807) is 0 Å². The molecule has 0 aromatic carbocycles. The van der Waals surface area contributed by atoms with Crippen molar-refractivity contribution in [3.05, 3.63) is 0 Å². The number of alkyl carbamates (subject to hydrolysis) is 1. The van der Waals surface area contributed by atoms with Gasteiger partial charge in [-0.3, -0.25) is 0 Å². The first-order valence-corrected chi connectivity index (χ1v) is 18.4. The number of carbonyl (C=O) groups is 2. The van der Waals surface area contributed by atoms with Crippen molar-refractivity contribution in [3.63, 3.8) is 0 Å². The van der Waals surface area contributed by atoms with Crippen LogP contribution in [-0.4, -0.2) is 158 Å². The Kier molecular flexibility index (Phi) is 20.0. The zero-order valence-electron chi connectivity index (χ0n) is 35.4. The zero-order valence-corrected chi connectivity index (χ0v) is 35.4. The lowest BCUT2D eigenvalue weighted by Crippen LogP contribution is -2.70. The highest BCUT2D eigenvalue weighted by molar-refractivity contribution is 5.68. The number of hydrogen-bond donors (Lipinski definition) is 1. The van der Waals surface area contributed by atoms with Gasteiger partial charge >= 0.3 is 120 Å². The SMILES string of the molecule is CC(CNC(=O)OCC(F)(F)C(F)(F)C(F)(F)C(F)(F)C(F)(F)C(F)F)CC(C)(C)CCN(CC(F)(F)C(F)(F)C(F)(F)C(F)(F)C(F)(F)C(F)F)C(=O)OCC(F)(F)C(F)(F)C(F)(F)C(F)(F)C(F)(F)C(F)F. The maximum Gasteiger partial charge on any atom is 0.410 e. The van der Waals surface area contributed by atoms with Crippen LogP contribution in [0.3, 0.4) is 0 Å². The predicted molar refractivity (Wildman–Crippen MR) is 167 cm³/mol. The molecule has 0 rings (SSSR count). The van der Waals surface area contributed by atoms with E-state index in [9.17, 15) is 168 Å². The largest absolute Gasteiger partial charge is 0.443 e. The number of carbonyl (C=O) groups excluding carboxylic acids is 2. The van der Waals surface area contributed by atoms with Gasteiger partial charge in [-0.1, -0.05) is 20.8 Å². The third-order valence-corrected chi connectivity index (χ3v) is 9.79. The highest BCUT2D eigenvalue weighted by Gasteiger charge is 2.90. The number of nitrogens with one attached hydrogen (secondary N) is 1. The van der Waals surface area contributed by atoms with Crippen molar-refractivity contribution in [2.24, 2.45) is 11.3 Å². The number of hydrogen-bond acceptors (Lipinski definition) is 4. The van der Waals surface area contributed by atoms with Gasteiger partial charge in [0.05, 0.1) is 6.54 Å². The van der Waals surface area contributed by atoms with Gasteiger partial charge in [0, 0.05) is 13.1 Å². The van der Waals surface area contributed by atoms with Crippen LogP contribution in [0.4, 0.5) is 168 Å². The molecule has 1 N–H and O–H groups in total. The molecule has 442 valence electrons. The summed E-state index contributed by atoms with van der Waals surface area (Å²) < 4.78 is 495. The average Bonchev–Trinajstić information content (AvgIpc) is 3.21. The molecular weight excluding hydrogens is 1160 g/mol. The molecular formula is C32H28F36N2O4. The molecule has 74 heavy (non-hydrogen) atoms. The molecule has 0 heterocycles. The minimum atomic E-state index is -8.45. The van der Waals surface area contributed by atoms with Crippen molar-refractivity contribution in [2.45, 2.75) is 142 Å². The molecule has 0 saturated heterocycles. The number of nitrogens with zero attached hydrogens (tertiary/aromatic N) is 1. The van der Waals surface area contributed by atoms with E-state index in [4.69, 9.17) is 0 Å². The molecule has 6 nitrogen and oxygen atoms in total. The quantitative estimate of drug-likeness (QED) is 0.0793. The van der Waals surface area contributed by atoms with Crippen LogP contribution in [0.5, 0.6) is 0 Å². The van der Waals surface area contributed by atoms with E-state index < -0.39 is 182 Å². The molecule has 0 aromatic rings. The number of rotatable bonds is 28. The van der Waals surface area contributed by atoms with E-state index in [1.165, 1.54) is 5.32 Å². The van der Waals surface area contributed by atoms with Crippen molar-refractivity contribution in [2.75, 3.05) is 32.8 Å². The summed E-state index contributed by atoms with van der Waals surface area (Å²) in [5, 5.41) is 1.28. The maximum absolute atomic E-state index is 14.9. The van der Waals surface area contributed by atoms with Gasteiger partial charge in [-0.25, -0.2) is 35.9 Å². The normalized spacial score (nSPS) is 16.0. The molecule has 0 aliphatic rings. The summed E-state index contributed by atoms with van der Waals surface area (Å²) in [5.41, 5.74) is -2.08. The molecule has 0 aliphatic heterocycles. The van der Waals surface area contributed by atoms with Crippen LogP contribution in [0, 0.1) is 11.3 Å². The summed E-state index contributed by atoms with van der Waals surface area (Å²) >= 11 is 0. The summed E-state index contributed by atoms with van der Waals surface area (Å²) in [6.45, 7) is -12.7. The van der Waals surface area contributed by atoms with E-state index in [1.807, 2.05) is 0 Å². The van der Waals surface area contributed by atoms with E-state index in [2.05, 4.69) is 9.47 Å². The Morgan fingerprint density at radius 3 is 1.01 bits per heavy atom. The van der Waals surface area contributed by atoms with Crippen LogP contribution >= 0.6 is 0 Å². The standard InChI is InChI=1S/C32H28F36N2O4/c1-11(7-69-15(71)73-9-19(41,42)25(53,54)31(65,66)28(59,60)22(47,48)13(35)36)6-17(2,3)4-5-70(8-18(39,40)24(51,52)30(63,64)27(57,58)21(45,46)12(33)34)16(72)74-10-20(43,44)26(55,56)32(67,68)29(61,62)23(49,50)14(37)38/h11-14H,4-10H2,1-3H3,(H,69,71). The monoisotopic (exact) mass is 1190 g/mol. The van der Waals surface area contributed by atoms with Crippen molar-refractivity contribution in [1.82, 2.24) is 10.2 Å². The molecule has 0 spiro atoms. The first kappa shape index (κ1) is 70.0. The second kappa shape index (κ2) is 21.1. The molecule has 1 atom stereocenters. The Morgan fingerprint density at radius 1 is 0.432 bits per heavy atom. The third kappa shape index (κ3) is 12.1. The van der Waals surface area contributed by atoms with Gasteiger partial charge in [0.15, 0.2) is 13.2 Å². The number of ether oxygens (including phenoxy) is 2. The molecule has 0 bridgehead atoms. The highest BCUT2D eigenvalue weighted by Crippen LogP contribution is 2.61. The van der Waals surface area contributed by atoms with Gasteiger partial charge in [0.2, 0.25) is 0 Å². The number of alkyl halides is 36. The van der Waals surface area contributed by atoms with Crippen LogP contribution in [-0.2, 0) is 9.47 Å². The molecule has 0 radical (unpaired) electrons. The third-order valence-electron chi connectivity index (χ3n) is 9.79. The minimum absolute atomic E-state index is 0.696. The van der Waals surface area contributed by atoms with Crippen LogP contribution in [0.15, 0.2) is 0 Å². The Hall–Kier alpha value is -3.98. The summed E-state index contributed by atoms with van der Waals surface area (Å²) in [5.74, 6) is -120. The van der Waals surface area contributed by atoms with Crippen LogP contribution in [0.1, 0.15) is 33.6 Å². The van der Waals surface area contributed by atoms with E-state index in [0.717, 1.165) is 6.92 Å². The molecule has 42 heteroatoms. The second-order valence-electron chi connectivity index (χ2n) is 16.2. The molecule has 2 amide bonds. The van der Waals surface area contributed by atoms with Gasteiger partial charge in [-0.05, 0) is 24.2 Å². The maximum atomic E-state index is 14.9. The Morgan fingerprint density at radius 2 is 0.716 bits per heavy atom. The summed E-state index contributed by atoms with van der Waals surface area (Å²) in [6.07, 6.45) is -26.5. The lowest BCUT2D eigenvalue weighted by Gasteiger charge is -2.41. The smallest absolute Gasteiger partial charge is 0.410 e. The van der Waals surface area contributed by atoms with Crippen LogP contribution < -0.4 is 5.32 Å². The second-order valence-corrected chi connectivity index (χ2v) is 16.2. The molecule has 0 aromatic heterocycles. The fourth-order valence-corrected chi connectivity index (χ4v) is 5.34. The fourth-order valence-electron chi connectivity index (χ4n) is 5.34. The lowest BCUT2D eigenvalue weighted by molar-refractivity contribution is -0.414. The van der Waals surface area contributed by atoms with E-state index >= 15 is 0 Å². The molecule has 0 fully saturated rings. The zero-order chi connectivity index (χ0) is 60.1. The first-order valence-electron chi connectivity index (χ1n) is 18.4. The van der Waals surface area contributed by atoms with Gasteiger partial charge in [0.1, 0.15) is 0 Å². The van der Waals surface area contributed by atoms with Gasteiger partial charge < -0.3 is 19.7 Å². The minimum Gasteiger partial charge on any atom is -0.443 e. The van der Waals surface area contributed by atoms with Gasteiger partial charge in [-0.2, -0.15) is 132 Å². The summed E-state index contributed by atoms with van der Waals surface area (Å²) in [7, 11) is 0. The number of amides is 2. The topological polar surface area (TPSA) is 67.9 Å². The fraction of sp³-hybridized carbons (Fsp3) is 0.938. The van der Waals surface area contributed by atoms with Crippen molar-refractivity contribution < 1.29 is 177 Å². The molecule has 0 saturated carbocycles. The van der Waals surface area contributed by atoms with Crippen LogP contribution in [0.2, 0.25) is 0 Å². The highest BCUT2D eigenvalue weighted by atomic mass is 19.4.